The summed E-state index contributed by atoms with van der Waals surface area (Å²) in [5, 5.41) is 13.6. The number of anilines is 1. The van der Waals surface area contributed by atoms with Crippen LogP contribution >= 0.6 is 0 Å². The minimum atomic E-state index is -0.523. The third-order valence-electron chi connectivity index (χ3n) is 2.46. The Hall–Kier alpha value is -2.20. The van der Waals surface area contributed by atoms with E-state index in [1.165, 1.54) is 12.1 Å². The highest BCUT2D eigenvalue weighted by molar-refractivity contribution is 5.60. The summed E-state index contributed by atoms with van der Waals surface area (Å²) in [4.78, 5) is 17.3. The van der Waals surface area contributed by atoms with Gasteiger partial charge in [0.2, 0.25) is 0 Å². The Bertz CT molecular complexity index is 479. The zero-order chi connectivity index (χ0) is 12.3. The molecule has 1 fully saturated rings. The number of pyridine rings is 1. The Morgan fingerprint density at radius 1 is 1.71 bits per heavy atom. The van der Waals surface area contributed by atoms with Crippen molar-refractivity contribution in [2.75, 3.05) is 18.5 Å². The Morgan fingerprint density at radius 3 is 3.00 bits per heavy atom. The van der Waals surface area contributed by atoms with Crippen LogP contribution in [0.25, 0.3) is 4.85 Å². The Balaban J connectivity index is 2.15. The topological polar surface area (TPSA) is 81.7 Å². The van der Waals surface area contributed by atoms with E-state index in [1.807, 2.05) is 0 Å². The van der Waals surface area contributed by atoms with Crippen molar-refractivity contribution >= 4 is 17.3 Å². The summed E-state index contributed by atoms with van der Waals surface area (Å²) >= 11 is 0. The van der Waals surface area contributed by atoms with Gasteiger partial charge < -0.3 is 14.9 Å². The molecule has 7 heteroatoms. The van der Waals surface area contributed by atoms with E-state index in [0.29, 0.717) is 6.54 Å². The molecular weight excluding hydrogens is 224 g/mol. The van der Waals surface area contributed by atoms with Crippen LogP contribution in [0.4, 0.5) is 17.3 Å². The fraction of sp³-hybridized carbons (Fsp3) is 0.400. The predicted octanol–water partition coefficient (Wildman–Crippen LogP) is 1.74. The quantitative estimate of drug-likeness (QED) is 0.487. The van der Waals surface area contributed by atoms with Crippen molar-refractivity contribution in [3.8, 4) is 0 Å². The standard InChI is InChI=1S/C10H10N4O3/c1-11-9-3-2-8(14(15)16)10(13-9)12-6-7-4-5-17-7/h2-3,7H,4-6H2,(H,12,13)/t7-/m0/s1. The normalized spacial score (nSPS) is 17.9. The molecule has 1 aliphatic heterocycles. The van der Waals surface area contributed by atoms with Gasteiger partial charge in [0.15, 0.2) is 0 Å². The maximum atomic E-state index is 10.8. The maximum absolute atomic E-state index is 10.8. The molecule has 2 heterocycles. The lowest BCUT2D eigenvalue weighted by Gasteiger charge is -2.26. The zero-order valence-electron chi connectivity index (χ0n) is 8.92. The number of nitrogens with one attached hydrogen (secondary N) is 1. The first-order valence-corrected chi connectivity index (χ1v) is 5.09. The lowest BCUT2D eigenvalue weighted by atomic mass is 10.2. The molecule has 1 saturated heterocycles. The highest BCUT2D eigenvalue weighted by Gasteiger charge is 2.23. The molecule has 0 spiro atoms. The van der Waals surface area contributed by atoms with Gasteiger partial charge in [0, 0.05) is 19.2 Å². The molecule has 0 radical (unpaired) electrons. The summed E-state index contributed by atoms with van der Waals surface area (Å²) in [6.45, 7) is 8.02. The van der Waals surface area contributed by atoms with Crippen LogP contribution in [0.1, 0.15) is 6.42 Å². The van der Waals surface area contributed by atoms with Gasteiger partial charge in [-0.25, -0.2) is 0 Å². The molecule has 1 N–H and O–H groups in total. The van der Waals surface area contributed by atoms with Gasteiger partial charge in [-0.2, -0.15) is 0 Å². The van der Waals surface area contributed by atoms with Crippen LogP contribution in [0.2, 0.25) is 0 Å². The maximum Gasteiger partial charge on any atom is 0.334 e. The third kappa shape index (κ3) is 2.49. The van der Waals surface area contributed by atoms with Gasteiger partial charge in [-0.15, -0.1) is 0 Å². The van der Waals surface area contributed by atoms with Crippen molar-refractivity contribution in [1.29, 1.82) is 0 Å². The molecule has 0 aliphatic carbocycles. The molecule has 0 bridgehead atoms. The largest absolute Gasteiger partial charge is 0.376 e. The summed E-state index contributed by atoms with van der Waals surface area (Å²) in [7, 11) is 0. The molecule has 1 aromatic rings. The van der Waals surface area contributed by atoms with Crippen molar-refractivity contribution in [3.05, 3.63) is 33.7 Å². The van der Waals surface area contributed by atoms with Gasteiger partial charge >= 0.3 is 5.69 Å². The summed E-state index contributed by atoms with van der Waals surface area (Å²) < 4.78 is 5.19. The van der Waals surface area contributed by atoms with Crippen LogP contribution < -0.4 is 5.32 Å². The van der Waals surface area contributed by atoms with E-state index in [-0.39, 0.29) is 23.4 Å². The molecule has 0 saturated carbocycles. The van der Waals surface area contributed by atoms with E-state index < -0.39 is 4.92 Å². The van der Waals surface area contributed by atoms with Gasteiger partial charge in [-0.05, 0) is 12.5 Å². The van der Waals surface area contributed by atoms with Gasteiger partial charge in [-0.1, -0.05) is 11.6 Å². The van der Waals surface area contributed by atoms with E-state index in [0.717, 1.165) is 13.0 Å². The lowest BCUT2D eigenvalue weighted by Crippen LogP contribution is -2.33. The molecule has 7 nitrogen and oxygen atoms in total. The smallest absolute Gasteiger partial charge is 0.334 e. The van der Waals surface area contributed by atoms with Crippen LogP contribution in [0.15, 0.2) is 12.1 Å². The summed E-state index contributed by atoms with van der Waals surface area (Å²) in [5.41, 5.74) is -0.128. The Morgan fingerprint density at radius 2 is 2.47 bits per heavy atom. The molecule has 0 aromatic carbocycles. The monoisotopic (exact) mass is 234 g/mol. The second kappa shape index (κ2) is 4.76. The van der Waals surface area contributed by atoms with Crippen molar-refractivity contribution in [3.63, 3.8) is 0 Å². The Kier molecular flexibility index (Phi) is 3.16. The number of nitro groups is 1. The lowest BCUT2D eigenvalue weighted by molar-refractivity contribution is -0.384. The second-order valence-electron chi connectivity index (χ2n) is 3.57. The minimum Gasteiger partial charge on any atom is -0.376 e. The van der Waals surface area contributed by atoms with Gasteiger partial charge in [0.1, 0.15) is 0 Å². The molecule has 17 heavy (non-hydrogen) atoms. The number of nitrogens with zero attached hydrogens (tertiary/aromatic N) is 3. The van der Waals surface area contributed by atoms with Gasteiger partial charge in [-0.3, -0.25) is 10.1 Å². The zero-order valence-corrected chi connectivity index (χ0v) is 8.92. The average molecular weight is 234 g/mol. The SMILES string of the molecule is [C-]#[N+]c1ccc([N+](=O)[O-])c(NC[C@@H]2CCO2)n1. The molecule has 88 valence electrons. The van der Waals surface area contributed by atoms with Crippen molar-refractivity contribution in [2.45, 2.75) is 12.5 Å². The fourth-order valence-electron chi connectivity index (χ4n) is 1.44. The van der Waals surface area contributed by atoms with Crippen LogP contribution in [0.5, 0.6) is 0 Å². The first-order chi connectivity index (χ1) is 8.20. The molecule has 0 unspecified atom stereocenters. The van der Waals surface area contributed by atoms with E-state index >= 15 is 0 Å². The molecule has 1 aromatic heterocycles. The van der Waals surface area contributed by atoms with Crippen molar-refractivity contribution in [2.24, 2.45) is 0 Å². The third-order valence-corrected chi connectivity index (χ3v) is 2.46. The van der Waals surface area contributed by atoms with Crippen LogP contribution in [-0.2, 0) is 4.74 Å². The summed E-state index contributed by atoms with van der Waals surface area (Å²) in [5.74, 6) is 0.256. The average Bonchev–Trinajstić information content (AvgIpc) is 2.26. The highest BCUT2D eigenvalue weighted by Crippen LogP contribution is 2.25. The number of rotatable bonds is 4. The summed E-state index contributed by atoms with van der Waals surface area (Å²) in [6.07, 6.45) is 1.01. The molecule has 1 atom stereocenters. The van der Waals surface area contributed by atoms with Crippen LogP contribution in [0.3, 0.4) is 0 Å². The molecular formula is C10H10N4O3. The van der Waals surface area contributed by atoms with Crippen molar-refractivity contribution < 1.29 is 9.66 Å². The number of hydrogen-bond donors (Lipinski definition) is 1. The molecule has 1 aliphatic rings. The van der Waals surface area contributed by atoms with E-state index in [9.17, 15) is 10.1 Å². The number of hydrogen-bond acceptors (Lipinski definition) is 5. The van der Waals surface area contributed by atoms with Crippen molar-refractivity contribution in [1.82, 2.24) is 4.98 Å². The number of aromatic nitrogens is 1. The van der Waals surface area contributed by atoms with Crippen LogP contribution in [-0.4, -0.2) is 29.2 Å². The van der Waals surface area contributed by atoms with Gasteiger partial charge in [0.05, 0.1) is 11.0 Å². The van der Waals surface area contributed by atoms with E-state index in [2.05, 4.69) is 15.1 Å². The Labute approximate surface area is 97.4 Å². The van der Waals surface area contributed by atoms with E-state index in [4.69, 9.17) is 11.3 Å². The van der Waals surface area contributed by atoms with E-state index in [1.54, 1.807) is 0 Å². The predicted molar refractivity (Wildman–Crippen MR) is 60.0 cm³/mol. The minimum absolute atomic E-state index is 0.0769. The molecule has 0 amide bonds. The first-order valence-electron chi connectivity index (χ1n) is 5.09. The second-order valence-corrected chi connectivity index (χ2v) is 3.57. The number of ether oxygens (including phenoxy) is 1. The summed E-state index contributed by atoms with van der Waals surface area (Å²) in [6, 6.07) is 2.61. The van der Waals surface area contributed by atoms with Crippen LogP contribution in [0, 0.1) is 16.7 Å². The first kappa shape index (κ1) is 11.3. The molecule has 2 rings (SSSR count). The fourth-order valence-corrected chi connectivity index (χ4v) is 1.44. The highest BCUT2D eigenvalue weighted by atomic mass is 16.6. The van der Waals surface area contributed by atoms with Gasteiger partial charge in [0.25, 0.3) is 11.6 Å².